The zero-order valence-corrected chi connectivity index (χ0v) is 13.0. The van der Waals surface area contributed by atoms with E-state index in [0.29, 0.717) is 18.9 Å². The van der Waals surface area contributed by atoms with E-state index in [1.165, 1.54) is 0 Å². The highest BCUT2D eigenvalue weighted by Crippen LogP contribution is 2.28. The lowest BCUT2D eigenvalue weighted by atomic mass is 9.90. The van der Waals surface area contributed by atoms with Gasteiger partial charge in [0.25, 0.3) is 0 Å². The maximum Gasteiger partial charge on any atom is 0.323 e. The fraction of sp³-hybridized carbons (Fsp3) is 0.929. The van der Waals surface area contributed by atoms with E-state index >= 15 is 0 Å². The molecule has 0 radical (unpaired) electrons. The second-order valence-electron chi connectivity index (χ2n) is 5.58. The van der Waals surface area contributed by atoms with Gasteiger partial charge in [-0.1, -0.05) is 13.8 Å². The molecule has 0 heterocycles. The fourth-order valence-corrected chi connectivity index (χ4v) is 3.03. The molecule has 3 unspecified atom stereocenters. The van der Waals surface area contributed by atoms with Crippen LogP contribution in [0.3, 0.4) is 0 Å². The third-order valence-corrected chi connectivity index (χ3v) is 5.32. The van der Waals surface area contributed by atoms with Crippen LogP contribution in [-0.4, -0.2) is 44.9 Å². The van der Waals surface area contributed by atoms with Gasteiger partial charge in [0.05, 0.1) is 6.10 Å². The number of carbonyl (C=O) groups is 1. The van der Waals surface area contributed by atoms with Crippen LogP contribution in [0.25, 0.3) is 0 Å². The Kier molecular flexibility index (Phi) is 6.63. The first kappa shape index (κ1) is 16.8. The lowest BCUT2D eigenvalue weighted by molar-refractivity contribution is -0.145. The van der Waals surface area contributed by atoms with Gasteiger partial charge in [0, 0.05) is 11.3 Å². The largest absolute Gasteiger partial charge is 0.480 e. The van der Waals surface area contributed by atoms with E-state index < -0.39 is 11.5 Å². The number of carboxylic acid groups (broad SMARTS) is 1. The number of thioether (sulfide) groups is 1. The summed E-state index contributed by atoms with van der Waals surface area (Å²) in [5.41, 5.74) is -0.754. The molecule has 0 saturated heterocycles. The van der Waals surface area contributed by atoms with Gasteiger partial charge >= 0.3 is 5.97 Å². The van der Waals surface area contributed by atoms with Crippen molar-refractivity contribution in [2.45, 2.75) is 75.8 Å². The van der Waals surface area contributed by atoms with E-state index in [2.05, 4.69) is 5.32 Å². The number of aliphatic hydroxyl groups is 1. The van der Waals surface area contributed by atoms with Crippen molar-refractivity contribution in [3.63, 3.8) is 0 Å². The number of aliphatic carboxylic acids is 1. The van der Waals surface area contributed by atoms with Crippen molar-refractivity contribution >= 4 is 17.7 Å². The van der Waals surface area contributed by atoms with Gasteiger partial charge in [-0.3, -0.25) is 10.1 Å². The SMILES string of the molecule is CCC(CCCSC(C)C(C)O)(NC1CC1)C(=O)O. The van der Waals surface area contributed by atoms with Gasteiger partial charge in [0.1, 0.15) is 5.54 Å². The number of aliphatic hydroxyl groups excluding tert-OH is 1. The summed E-state index contributed by atoms with van der Waals surface area (Å²) >= 11 is 1.71. The van der Waals surface area contributed by atoms with E-state index in [0.717, 1.165) is 25.0 Å². The number of carboxylic acids is 1. The third-order valence-electron chi connectivity index (χ3n) is 3.88. The molecule has 1 aliphatic rings. The second-order valence-corrected chi connectivity index (χ2v) is 7.06. The van der Waals surface area contributed by atoms with Gasteiger partial charge in [-0.05, 0) is 44.8 Å². The molecule has 3 atom stereocenters. The summed E-state index contributed by atoms with van der Waals surface area (Å²) in [6, 6.07) is 0.403. The molecule has 0 amide bonds. The number of nitrogens with one attached hydrogen (secondary N) is 1. The van der Waals surface area contributed by atoms with Gasteiger partial charge < -0.3 is 10.2 Å². The monoisotopic (exact) mass is 289 g/mol. The first-order valence-corrected chi connectivity index (χ1v) is 8.27. The van der Waals surface area contributed by atoms with Gasteiger partial charge in [-0.2, -0.15) is 11.8 Å². The second kappa shape index (κ2) is 7.50. The molecule has 1 rings (SSSR count). The molecule has 0 aromatic rings. The average molecular weight is 289 g/mol. The zero-order chi connectivity index (χ0) is 14.5. The smallest absolute Gasteiger partial charge is 0.323 e. The van der Waals surface area contributed by atoms with Crippen LogP contribution in [0.2, 0.25) is 0 Å². The van der Waals surface area contributed by atoms with Gasteiger partial charge in [-0.15, -0.1) is 0 Å². The van der Waals surface area contributed by atoms with Crippen LogP contribution in [-0.2, 0) is 4.79 Å². The van der Waals surface area contributed by atoms with E-state index in [9.17, 15) is 15.0 Å². The molecule has 112 valence electrons. The molecule has 1 saturated carbocycles. The van der Waals surface area contributed by atoms with Gasteiger partial charge in [-0.25, -0.2) is 0 Å². The lowest BCUT2D eigenvalue weighted by Gasteiger charge is -2.30. The predicted octanol–water partition coefficient (Wildman–Crippen LogP) is 2.25. The standard InChI is InChI=1S/C14H27NO3S/c1-4-14(13(17)18,15-12-6-7-12)8-5-9-19-11(3)10(2)16/h10-12,15-16H,4-9H2,1-3H3,(H,17,18). The molecule has 3 N–H and O–H groups in total. The highest BCUT2D eigenvalue weighted by Gasteiger charge is 2.40. The van der Waals surface area contributed by atoms with Crippen LogP contribution in [0.4, 0.5) is 0 Å². The molecule has 0 aromatic heterocycles. The molecule has 0 aromatic carbocycles. The highest BCUT2D eigenvalue weighted by molar-refractivity contribution is 7.99. The Morgan fingerprint density at radius 1 is 1.47 bits per heavy atom. The Morgan fingerprint density at radius 2 is 2.11 bits per heavy atom. The van der Waals surface area contributed by atoms with Crippen LogP contribution in [0.1, 0.15) is 52.9 Å². The molecule has 5 heteroatoms. The quantitative estimate of drug-likeness (QED) is 0.538. The molecule has 0 aliphatic heterocycles. The Balaban J connectivity index is 2.38. The van der Waals surface area contributed by atoms with E-state index in [4.69, 9.17) is 0 Å². The Labute approximate surface area is 120 Å². The molecule has 0 bridgehead atoms. The molecular formula is C14H27NO3S. The van der Waals surface area contributed by atoms with E-state index in [1.54, 1.807) is 18.7 Å². The molecule has 1 fully saturated rings. The topological polar surface area (TPSA) is 69.6 Å². The molecule has 0 spiro atoms. The number of hydrogen-bond acceptors (Lipinski definition) is 4. The van der Waals surface area contributed by atoms with Crippen molar-refractivity contribution in [3.05, 3.63) is 0 Å². The lowest BCUT2D eigenvalue weighted by Crippen LogP contribution is -2.52. The van der Waals surface area contributed by atoms with E-state index in [-0.39, 0.29) is 11.4 Å². The Morgan fingerprint density at radius 3 is 2.53 bits per heavy atom. The minimum atomic E-state index is -0.754. The summed E-state index contributed by atoms with van der Waals surface area (Å²) in [4.78, 5) is 11.5. The average Bonchev–Trinajstić information content (AvgIpc) is 3.16. The molecule has 4 nitrogen and oxygen atoms in total. The first-order valence-electron chi connectivity index (χ1n) is 7.22. The van der Waals surface area contributed by atoms with Crippen molar-refractivity contribution < 1.29 is 15.0 Å². The summed E-state index contributed by atoms with van der Waals surface area (Å²) in [5.74, 6) is 0.170. The summed E-state index contributed by atoms with van der Waals surface area (Å²) in [6.07, 6.45) is 4.03. The normalized spacial score (nSPS) is 21.7. The summed E-state index contributed by atoms with van der Waals surface area (Å²) in [5, 5.41) is 22.4. The van der Waals surface area contributed by atoms with Crippen molar-refractivity contribution in [1.29, 1.82) is 0 Å². The van der Waals surface area contributed by atoms with Crippen LogP contribution >= 0.6 is 11.8 Å². The maximum atomic E-state index is 11.5. The summed E-state index contributed by atoms with van der Waals surface area (Å²) in [7, 11) is 0. The minimum absolute atomic E-state index is 0.206. The van der Waals surface area contributed by atoms with Crippen molar-refractivity contribution in [3.8, 4) is 0 Å². The molecular weight excluding hydrogens is 262 g/mol. The van der Waals surface area contributed by atoms with Crippen molar-refractivity contribution in [1.82, 2.24) is 5.32 Å². The predicted molar refractivity (Wildman–Crippen MR) is 79.7 cm³/mol. The van der Waals surface area contributed by atoms with E-state index in [1.807, 2.05) is 13.8 Å². The Hall–Kier alpha value is -0.260. The zero-order valence-electron chi connectivity index (χ0n) is 12.2. The fourth-order valence-electron chi connectivity index (χ4n) is 2.07. The highest BCUT2D eigenvalue weighted by atomic mass is 32.2. The first-order chi connectivity index (χ1) is 8.91. The van der Waals surface area contributed by atoms with Crippen LogP contribution < -0.4 is 5.32 Å². The molecule has 1 aliphatic carbocycles. The van der Waals surface area contributed by atoms with Crippen molar-refractivity contribution in [2.75, 3.05) is 5.75 Å². The van der Waals surface area contributed by atoms with Crippen LogP contribution in [0.15, 0.2) is 0 Å². The van der Waals surface area contributed by atoms with Crippen molar-refractivity contribution in [2.24, 2.45) is 0 Å². The Bertz CT molecular complexity index is 294. The van der Waals surface area contributed by atoms with Gasteiger partial charge in [0.2, 0.25) is 0 Å². The number of rotatable bonds is 10. The number of hydrogen-bond donors (Lipinski definition) is 3. The minimum Gasteiger partial charge on any atom is -0.480 e. The summed E-state index contributed by atoms with van der Waals surface area (Å²) < 4.78 is 0. The van der Waals surface area contributed by atoms with Crippen LogP contribution in [0, 0.1) is 0 Å². The maximum absolute atomic E-state index is 11.5. The third kappa shape index (κ3) is 5.32. The summed E-state index contributed by atoms with van der Waals surface area (Å²) in [6.45, 7) is 5.73. The van der Waals surface area contributed by atoms with Crippen LogP contribution in [0.5, 0.6) is 0 Å². The van der Waals surface area contributed by atoms with Gasteiger partial charge in [0.15, 0.2) is 0 Å². The molecule has 19 heavy (non-hydrogen) atoms.